The molecular weight excluding hydrogens is 204 g/mol. The lowest BCUT2D eigenvalue weighted by molar-refractivity contribution is 0.181. The minimum atomic E-state index is -2.04. The van der Waals surface area contributed by atoms with Crippen LogP contribution in [-0.2, 0) is 8.85 Å². The third kappa shape index (κ3) is 7.77. The molecule has 2 nitrogen and oxygen atoms in total. The Morgan fingerprint density at radius 2 is 1.67 bits per heavy atom. The van der Waals surface area contributed by atoms with Crippen LogP contribution in [0.15, 0.2) is 12.3 Å². The average molecular weight is 230 g/mol. The topological polar surface area (TPSA) is 18.5 Å². The van der Waals surface area contributed by atoms with Gasteiger partial charge in [0, 0.05) is 13.2 Å². The van der Waals surface area contributed by atoms with Crippen LogP contribution in [0.4, 0.5) is 0 Å². The molecule has 0 bridgehead atoms. The minimum Gasteiger partial charge on any atom is -0.391 e. The summed E-state index contributed by atoms with van der Waals surface area (Å²) in [7, 11) is -2.04. The van der Waals surface area contributed by atoms with Crippen LogP contribution >= 0.6 is 0 Å². The highest BCUT2D eigenvalue weighted by Gasteiger charge is 2.26. The van der Waals surface area contributed by atoms with Gasteiger partial charge in [-0.3, -0.25) is 0 Å². The van der Waals surface area contributed by atoms with Crippen molar-refractivity contribution >= 4 is 8.56 Å². The van der Waals surface area contributed by atoms with E-state index in [1.807, 2.05) is 5.70 Å². The van der Waals surface area contributed by atoms with Crippen molar-refractivity contribution < 1.29 is 8.85 Å². The fourth-order valence-electron chi connectivity index (χ4n) is 1.27. The van der Waals surface area contributed by atoms with Crippen LogP contribution in [0.25, 0.3) is 0 Å². The number of unbranched alkanes of at least 4 members (excludes halogenated alkanes) is 3. The van der Waals surface area contributed by atoms with Gasteiger partial charge in [0.1, 0.15) is 0 Å². The van der Waals surface area contributed by atoms with Crippen molar-refractivity contribution in [2.45, 2.75) is 52.5 Å². The van der Waals surface area contributed by atoms with Gasteiger partial charge >= 0.3 is 8.56 Å². The van der Waals surface area contributed by atoms with E-state index in [0.717, 1.165) is 26.1 Å². The summed E-state index contributed by atoms with van der Waals surface area (Å²) >= 11 is 0. The molecule has 0 aromatic rings. The van der Waals surface area contributed by atoms with E-state index in [-0.39, 0.29) is 0 Å². The minimum absolute atomic E-state index is 0.781. The second kappa shape index (κ2) is 9.13. The first-order chi connectivity index (χ1) is 7.18. The van der Waals surface area contributed by atoms with E-state index in [9.17, 15) is 0 Å². The largest absolute Gasteiger partial charge is 0.391 e. The summed E-state index contributed by atoms with van der Waals surface area (Å²) in [6.07, 6.45) is 6.00. The zero-order valence-electron chi connectivity index (χ0n) is 10.6. The average Bonchev–Trinajstić information content (AvgIpc) is 2.26. The third-order valence-electron chi connectivity index (χ3n) is 2.35. The first-order valence-corrected chi connectivity index (χ1v) is 8.49. The monoisotopic (exact) mass is 230 g/mol. The summed E-state index contributed by atoms with van der Waals surface area (Å²) in [6, 6.07) is 0. The molecular formula is C12H26O2Si. The normalized spacial score (nSPS) is 14.9. The molecule has 0 heterocycles. The Bertz CT molecular complexity index is 162. The summed E-state index contributed by atoms with van der Waals surface area (Å²) in [6.45, 7) is 11.8. The van der Waals surface area contributed by atoms with Crippen LogP contribution in [-0.4, -0.2) is 21.8 Å². The van der Waals surface area contributed by atoms with E-state index in [1.54, 1.807) is 0 Å². The van der Waals surface area contributed by atoms with Gasteiger partial charge in [-0.1, -0.05) is 33.1 Å². The summed E-state index contributed by atoms with van der Waals surface area (Å²) in [4.78, 5) is 0. The molecule has 15 heavy (non-hydrogen) atoms. The molecule has 0 aliphatic rings. The highest BCUT2D eigenvalue weighted by atomic mass is 28.4. The van der Waals surface area contributed by atoms with Gasteiger partial charge in [-0.05, 0) is 25.1 Å². The molecule has 1 unspecified atom stereocenters. The smallest absolute Gasteiger partial charge is 0.361 e. The number of hydrogen-bond donors (Lipinski definition) is 0. The van der Waals surface area contributed by atoms with Crippen molar-refractivity contribution in [2.75, 3.05) is 13.2 Å². The van der Waals surface area contributed by atoms with Crippen LogP contribution in [0.2, 0.25) is 6.55 Å². The molecule has 0 fully saturated rings. The lowest BCUT2D eigenvalue weighted by Crippen LogP contribution is -2.37. The molecule has 0 aliphatic heterocycles. The van der Waals surface area contributed by atoms with Crippen LogP contribution in [0.3, 0.4) is 0 Å². The Morgan fingerprint density at radius 3 is 2.20 bits per heavy atom. The number of hydrogen-bond acceptors (Lipinski definition) is 2. The highest BCUT2D eigenvalue weighted by molar-refractivity contribution is 6.71. The van der Waals surface area contributed by atoms with Crippen molar-refractivity contribution in [3.05, 3.63) is 12.3 Å². The summed E-state index contributed by atoms with van der Waals surface area (Å²) in [5.74, 6) is 0. The van der Waals surface area contributed by atoms with Gasteiger partial charge in [0.15, 0.2) is 0 Å². The molecule has 0 saturated carbocycles. The van der Waals surface area contributed by atoms with Gasteiger partial charge in [-0.25, -0.2) is 0 Å². The van der Waals surface area contributed by atoms with Gasteiger partial charge in [-0.2, -0.15) is 0 Å². The third-order valence-corrected chi connectivity index (χ3v) is 4.65. The van der Waals surface area contributed by atoms with Crippen molar-refractivity contribution in [1.82, 2.24) is 0 Å². The van der Waals surface area contributed by atoms with Crippen molar-refractivity contribution in [3.63, 3.8) is 0 Å². The Labute approximate surface area is 95.9 Å². The van der Waals surface area contributed by atoms with Crippen molar-refractivity contribution in [1.29, 1.82) is 0 Å². The summed E-state index contributed by atoms with van der Waals surface area (Å²) in [5.41, 5.74) is 1.88. The molecule has 3 heteroatoms. The molecule has 1 atom stereocenters. The Morgan fingerprint density at radius 1 is 1.00 bits per heavy atom. The Balaban J connectivity index is 3.63. The van der Waals surface area contributed by atoms with Crippen LogP contribution in [0.1, 0.15) is 46.0 Å². The zero-order valence-corrected chi connectivity index (χ0v) is 11.6. The second-order valence-electron chi connectivity index (χ2n) is 3.98. The zero-order chi connectivity index (χ0) is 11.6. The second-order valence-corrected chi connectivity index (χ2v) is 7.00. The highest BCUT2D eigenvalue weighted by Crippen LogP contribution is 2.10. The van der Waals surface area contributed by atoms with E-state index < -0.39 is 8.56 Å². The molecule has 0 spiro atoms. The van der Waals surface area contributed by atoms with E-state index in [1.165, 1.54) is 19.3 Å². The summed E-state index contributed by atoms with van der Waals surface area (Å²) in [5, 5.41) is 0. The Hall–Kier alpha value is -0.123. The molecule has 0 amide bonds. The predicted molar refractivity (Wildman–Crippen MR) is 68.2 cm³/mol. The fraction of sp³-hybridized carbons (Fsp3) is 0.833. The molecule has 0 N–H and O–H groups in total. The van der Waals surface area contributed by atoms with Crippen LogP contribution < -0.4 is 0 Å². The predicted octanol–water partition coefficient (Wildman–Crippen LogP) is 3.81. The molecule has 0 rings (SSSR count). The van der Waals surface area contributed by atoms with Crippen LogP contribution in [0, 0.1) is 0 Å². The van der Waals surface area contributed by atoms with E-state index in [2.05, 4.69) is 27.0 Å². The molecule has 0 radical (unpaired) electrons. The number of rotatable bonds is 10. The lowest BCUT2D eigenvalue weighted by atomic mass is 10.2. The van der Waals surface area contributed by atoms with Crippen LogP contribution in [0.5, 0.6) is 0 Å². The molecule has 0 aliphatic carbocycles. The van der Waals surface area contributed by atoms with Crippen molar-refractivity contribution in [2.24, 2.45) is 0 Å². The van der Waals surface area contributed by atoms with Gasteiger partial charge in [0.2, 0.25) is 0 Å². The lowest BCUT2D eigenvalue weighted by Gasteiger charge is -2.23. The Kier molecular flexibility index (Phi) is 9.05. The maximum atomic E-state index is 5.83. The molecule has 0 aromatic carbocycles. The van der Waals surface area contributed by atoms with Gasteiger partial charge in [-0.15, -0.1) is 6.58 Å². The van der Waals surface area contributed by atoms with Gasteiger partial charge < -0.3 is 8.85 Å². The maximum Gasteiger partial charge on any atom is 0.361 e. The molecule has 0 saturated heterocycles. The quantitative estimate of drug-likeness (QED) is 0.420. The van der Waals surface area contributed by atoms with E-state index >= 15 is 0 Å². The maximum absolute atomic E-state index is 5.83. The van der Waals surface area contributed by atoms with Crippen molar-refractivity contribution in [3.8, 4) is 0 Å². The molecule has 90 valence electrons. The SMILES string of the molecule is C=C[Si](C)(OCCC)OCCCCCC. The fourth-order valence-corrected chi connectivity index (χ4v) is 2.75. The van der Waals surface area contributed by atoms with Gasteiger partial charge in [0.25, 0.3) is 0 Å². The first kappa shape index (κ1) is 14.9. The molecule has 0 aromatic heterocycles. The standard InChI is InChI=1S/C12H26O2Si/c1-5-8-9-10-12-14-15(4,7-3)13-11-6-2/h7H,3,5-6,8-12H2,1-2,4H3. The van der Waals surface area contributed by atoms with E-state index in [0.29, 0.717) is 0 Å². The van der Waals surface area contributed by atoms with Gasteiger partial charge in [0.05, 0.1) is 0 Å². The van der Waals surface area contributed by atoms with E-state index in [4.69, 9.17) is 8.85 Å². The summed E-state index contributed by atoms with van der Waals surface area (Å²) < 4.78 is 11.6. The first-order valence-electron chi connectivity index (χ1n) is 6.10.